The molecule has 35 heavy (non-hydrogen) atoms. The topological polar surface area (TPSA) is 57.3 Å². The SMILES string of the molecule is CN(C)CCCNc1nccc2c(-c3ccc4cc(NC(=O)c5ccsc5)ccc4c3)cccc12. The summed E-state index contributed by atoms with van der Waals surface area (Å²) < 4.78 is 0. The van der Waals surface area contributed by atoms with Crippen LogP contribution in [0.2, 0.25) is 0 Å². The van der Waals surface area contributed by atoms with Gasteiger partial charge < -0.3 is 15.5 Å². The van der Waals surface area contributed by atoms with Crippen molar-refractivity contribution < 1.29 is 4.79 Å². The van der Waals surface area contributed by atoms with Gasteiger partial charge in [-0.25, -0.2) is 4.98 Å². The summed E-state index contributed by atoms with van der Waals surface area (Å²) in [7, 11) is 4.18. The zero-order chi connectivity index (χ0) is 24.2. The van der Waals surface area contributed by atoms with Gasteiger partial charge in [0.1, 0.15) is 5.82 Å². The molecule has 0 unspecified atom stereocenters. The van der Waals surface area contributed by atoms with Crippen molar-refractivity contribution in [2.45, 2.75) is 6.42 Å². The van der Waals surface area contributed by atoms with Gasteiger partial charge in [0.2, 0.25) is 0 Å². The number of nitrogens with one attached hydrogen (secondary N) is 2. The highest BCUT2D eigenvalue weighted by Crippen LogP contribution is 2.33. The third kappa shape index (κ3) is 5.19. The van der Waals surface area contributed by atoms with Crippen molar-refractivity contribution >= 4 is 50.3 Å². The highest BCUT2D eigenvalue weighted by Gasteiger charge is 2.10. The number of pyridine rings is 1. The number of rotatable bonds is 8. The van der Waals surface area contributed by atoms with Crippen molar-refractivity contribution in [3.05, 3.63) is 89.3 Å². The van der Waals surface area contributed by atoms with E-state index in [2.05, 4.69) is 83.1 Å². The standard InChI is InChI=1S/C29H28N4OS/c1-33(2)15-4-13-30-28-27-6-3-5-25(26(27)11-14-31-28)22-8-7-21-18-24(10-9-20(21)17-22)32-29(34)23-12-16-35-19-23/h3,5-12,14,16-19H,4,13,15H2,1-2H3,(H,30,31)(H,32,34). The normalized spacial score (nSPS) is 11.3. The minimum atomic E-state index is -0.0855. The molecule has 3 aromatic carbocycles. The molecule has 5 rings (SSSR count). The predicted octanol–water partition coefficient (Wildman–Crippen LogP) is 6.73. The molecular formula is C29H28N4OS. The molecule has 0 spiro atoms. The first kappa shape index (κ1) is 23.0. The molecule has 2 N–H and O–H groups in total. The molecule has 0 fully saturated rings. The molecule has 0 radical (unpaired) electrons. The third-order valence-corrected chi connectivity index (χ3v) is 6.76. The Hall–Kier alpha value is -3.74. The van der Waals surface area contributed by atoms with E-state index in [1.54, 1.807) is 0 Å². The van der Waals surface area contributed by atoms with Gasteiger partial charge >= 0.3 is 0 Å². The number of carbonyl (C=O) groups is 1. The molecule has 176 valence electrons. The largest absolute Gasteiger partial charge is 0.370 e. The molecule has 0 bridgehead atoms. The van der Waals surface area contributed by atoms with E-state index >= 15 is 0 Å². The van der Waals surface area contributed by atoms with E-state index < -0.39 is 0 Å². The molecule has 2 heterocycles. The lowest BCUT2D eigenvalue weighted by Gasteiger charge is -2.13. The fraction of sp³-hybridized carbons (Fsp3) is 0.172. The second-order valence-corrected chi connectivity index (χ2v) is 9.67. The summed E-state index contributed by atoms with van der Waals surface area (Å²) in [6.45, 7) is 1.93. The van der Waals surface area contributed by atoms with Crippen LogP contribution in [-0.2, 0) is 0 Å². The number of aromatic nitrogens is 1. The Labute approximate surface area is 209 Å². The Balaban J connectivity index is 1.41. The Morgan fingerprint density at radius 1 is 0.971 bits per heavy atom. The monoisotopic (exact) mass is 480 g/mol. The predicted molar refractivity (Wildman–Crippen MR) is 149 cm³/mol. The van der Waals surface area contributed by atoms with Crippen LogP contribution in [0, 0.1) is 0 Å². The van der Waals surface area contributed by atoms with Crippen molar-refractivity contribution in [2.75, 3.05) is 37.8 Å². The van der Waals surface area contributed by atoms with Gasteiger partial charge in [0, 0.05) is 29.2 Å². The summed E-state index contributed by atoms with van der Waals surface area (Å²) in [5.41, 5.74) is 3.81. The number of anilines is 2. The van der Waals surface area contributed by atoms with E-state index in [0.29, 0.717) is 5.56 Å². The molecule has 0 aliphatic heterocycles. The molecule has 0 atom stereocenters. The molecule has 6 heteroatoms. The number of thiophene rings is 1. The number of benzene rings is 3. The first-order valence-corrected chi connectivity index (χ1v) is 12.7. The van der Waals surface area contributed by atoms with E-state index in [1.165, 1.54) is 22.3 Å². The fourth-order valence-electron chi connectivity index (χ4n) is 4.29. The molecular weight excluding hydrogens is 452 g/mol. The van der Waals surface area contributed by atoms with Crippen LogP contribution >= 0.6 is 11.3 Å². The Morgan fingerprint density at radius 2 is 1.83 bits per heavy atom. The lowest BCUT2D eigenvalue weighted by Crippen LogP contribution is -2.16. The average molecular weight is 481 g/mol. The number of fused-ring (bicyclic) bond motifs is 2. The zero-order valence-corrected chi connectivity index (χ0v) is 20.7. The molecule has 0 saturated heterocycles. The summed E-state index contributed by atoms with van der Waals surface area (Å²) in [6, 6.07) is 22.8. The quantitative estimate of drug-likeness (QED) is 0.242. The first-order chi connectivity index (χ1) is 17.1. The lowest BCUT2D eigenvalue weighted by atomic mass is 9.96. The Morgan fingerprint density at radius 3 is 2.66 bits per heavy atom. The van der Waals surface area contributed by atoms with Crippen LogP contribution in [0.15, 0.2) is 83.7 Å². The van der Waals surface area contributed by atoms with Gasteiger partial charge in [0.05, 0.1) is 5.56 Å². The Kier molecular flexibility index (Phi) is 6.75. The van der Waals surface area contributed by atoms with E-state index in [1.807, 2.05) is 35.2 Å². The molecule has 2 aromatic heterocycles. The molecule has 0 aliphatic carbocycles. The number of nitrogens with zero attached hydrogens (tertiary/aromatic N) is 2. The average Bonchev–Trinajstić information content (AvgIpc) is 3.41. The van der Waals surface area contributed by atoms with Crippen molar-refractivity contribution in [1.82, 2.24) is 9.88 Å². The molecule has 1 amide bonds. The summed E-state index contributed by atoms with van der Waals surface area (Å²) in [6.07, 6.45) is 2.94. The van der Waals surface area contributed by atoms with Crippen LogP contribution in [0.25, 0.3) is 32.7 Å². The van der Waals surface area contributed by atoms with Crippen LogP contribution in [0.1, 0.15) is 16.8 Å². The van der Waals surface area contributed by atoms with Gasteiger partial charge in [-0.2, -0.15) is 11.3 Å². The van der Waals surface area contributed by atoms with E-state index in [4.69, 9.17) is 0 Å². The van der Waals surface area contributed by atoms with Crippen LogP contribution in [-0.4, -0.2) is 43.0 Å². The Bertz CT molecular complexity index is 1480. The maximum atomic E-state index is 12.4. The van der Waals surface area contributed by atoms with Crippen molar-refractivity contribution in [3.8, 4) is 11.1 Å². The maximum absolute atomic E-state index is 12.4. The number of carbonyl (C=O) groups excluding carboxylic acids is 1. The van der Waals surface area contributed by atoms with Gasteiger partial charge in [0.15, 0.2) is 0 Å². The van der Waals surface area contributed by atoms with Crippen molar-refractivity contribution in [1.29, 1.82) is 0 Å². The summed E-state index contributed by atoms with van der Waals surface area (Å²) in [5, 5.41) is 14.8. The van der Waals surface area contributed by atoms with Crippen LogP contribution in [0.4, 0.5) is 11.5 Å². The molecule has 0 aliphatic rings. The van der Waals surface area contributed by atoms with E-state index in [9.17, 15) is 4.79 Å². The van der Waals surface area contributed by atoms with Gasteiger partial charge in [0.25, 0.3) is 5.91 Å². The van der Waals surface area contributed by atoms with Crippen LogP contribution in [0.5, 0.6) is 0 Å². The van der Waals surface area contributed by atoms with Crippen molar-refractivity contribution in [2.24, 2.45) is 0 Å². The van der Waals surface area contributed by atoms with Crippen molar-refractivity contribution in [3.63, 3.8) is 0 Å². The second kappa shape index (κ2) is 10.3. The minimum absolute atomic E-state index is 0.0855. The van der Waals surface area contributed by atoms with Gasteiger partial charge in [-0.15, -0.1) is 0 Å². The molecule has 5 nitrogen and oxygen atoms in total. The summed E-state index contributed by atoms with van der Waals surface area (Å²) >= 11 is 1.52. The smallest absolute Gasteiger partial charge is 0.256 e. The van der Waals surface area contributed by atoms with Gasteiger partial charge in [-0.1, -0.05) is 36.4 Å². The minimum Gasteiger partial charge on any atom is -0.370 e. The summed E-state index contributed by atoms with van der Waals surface area (Å²) in [5.74, 6) is 0.840. The number of amides is 1. The fourth-order valence-corrected chi connectivity index (χ4v) is 4.93. The first-order valence-electron chi connectivity index (χ1n) is 11.7. The lowest BCUT2D eigenvalue weighted by molar-refractivity contribution is 0.102. The molecule has 0 saturated carbocycles. The molecule has 5 aromatic rings. The summed E-state index contributed by atoms with van der Waals surface area (Å²) in [4.78, 5) is 19.2. The highest BCUT2D eigenvalue weighted by molar-refractivity contribution is 7.08. The number of hydrogen-bond donors (Lipinski definition) is 2. The number of hydrogen-bond acceptors (Lipinski definition) is 5. The van der Waals surface area contributed by atoms with E-state index in [-0.39, 0.29) is 5.91 Å². The van der Waals surface area contributed by atoms with Gasteiger partial charge in [-0.3, -0.25) is 4.79 Å². The zero-order valence-electron chi connectivity index (χ0n) is 19.9. The highest BCUT2D eigenvalue weighted by atomic mass is 32.1. The van der Waals surface area contributed by atoms with Gasteiger partial charge in [-0.05, 0) is 90.1 Å². The van der Waals surface area contributed by atoms with Crippen LogP contribution in [0.3, 0.4) is 0 Å². The van der Waals surface area contributed by atoms with E-state index in [0.717, 1.165) is 52.7 Å². The maximum Gasteiger partial charge on any atom is 0.256 e. The van der Waals surface area contributed by atoms with Crippen LogP contribution < -0.4 is 10.6 Å². The third-order valence-electron chi connectivity index (χ3n) is 6.07. The second-order valence-electron chi connectivity index (χ2n) is 8.89.